The monoisotopic (exact) mass is 500 g/mol. The summed E-state index contributed by atoms with van der Waals surface area (Å²) in [4.78, 5) is 16.2. The normalized spacial score (nSPS) is 12.9. The van der Waals surface area contributed by atoms with Crippen LogP contribution in [-0.2, 0) is 25.9 Å². The van der Waals surface area contributed by atoms with Gasteiger partial charge in [-0.25, -0.2) is 4.99 Å². The molecular formula is C23H25IN4O. The lowest BCUT2D eigenvalue weighted by Crippen LogP contribution is -2.22. The van der Waals surface area contributed by atoms with Crippen molar-refractivity contribution < 1.29 is 0 Å². The first kappa shape index (κ1) is 21.1. The van der Waals surface area contributed by atoms with E-state index in [0.29, 0.717) is 19.0 Å². The lowest BCUT2D eigenvalue weighted by atomic mass is 10.1. The molecule has 0 fully saturated rings. The number of anilines is 1. The van der Waals surface area contributed by atoms with Crippen LogP contribution in [0, 0.1) is 0 Å². The summed E-state index contributed by atoms with van der Waals surface area (Å²) in [6, 6.07) is 19.7. The van der Waals surface area contributed by atoms with Gasteiger partial charge in [-0.05, 0) is 59.7 Å². The topological polar surface area (TPSA) is 72.4 Å². The molecule has 0 unspecified atom stereocenters. The van der Waals surface area contributed by atoms with E-state index in [0.717, 1.165) is 23.2 Å². The van der Waals surface area contributed by atoms with Crippen molar-refractivity contribution in [1.29, 1.82) is 0 Å². The number of fused-ring (bicyclic) bond motifs is 1. The van der Waals surface area contributed by atoms with Crippen molar-refractivity contribution in [2.24, 2.45) is 10.7 Å². The number of nitrogens with zero attached hydrogens (tertiary/aromatic N) is 2. The SMILES string of the molecule is I.NC(=NCc1ccc(Cn2ccccc2=O)cc1)Nc1ccc2c(c1)CCC2. The Kier molecular flexibility index (Phi) is 7.09. The summed E-state index contributed by atoms with van der Waals surface area (Å²) in [5.41, 5.74) is 12.0. The maximum absolute atomic E-state index is 11.8. The molecular weight excluding hydrogens is 475 g/mol. The smallest absolute Gasteiger partial charge is 0.250 e. The van der Waals surface area contributed by atoms with Crippen molar-refractivity contribution >= 4 is 35.6 Å². The standard InChI is InChI=1S/C23H24N4O.HI/c24-23(26-21-12-11-19-4-3-5-20(19)14-21)25-15-17-7-9-18(10-8-17)16-27-13-2-1-6-22(27)28;/h1-2,6-14H,3-5,15-16H2,(H3,24,25,26);1H. The molecule has 1 heterocycles. The van der Waals surface area contributed by atoms with Gasteiger partial charge in [0.15, 0.2) is 5.96 Å². The molecule has 6 heteroatoms. The Labute approximate surface area is 187 Å². The highest BCUT2D eigenvalue weighted by atomic mass is 127. The van der Waals surface area contributed by atoms with Crippen LogP contribution in [0.3, 0.4) is 0 Å². The van der Waals surface area contributed by atoms with Crippen LogP contribution >= 0.6 is 24.0 Å². The minimum absolute atomic E-state index is 0. The molecule has 2 aromatic carbocycles. The molecule has 3 aromatic rings. The summed E-state index contributed by atoms with van der Waals surface area (Å²) in [6.07, 6.45) is 5.35. The lowest BCUT2D eigenvalue weighted by molar-refractivity contribution is 0.759. The van der Waals surface area contributed by atoms with Crippen molar-refractivity contribution in [1.82, 2.24) is 4.57 Å². The number of nitrogens with one attached hydrogen (secondary N) is 1. The maximum atomic E-state index is 11.8. The largest absolute Gasteiger partial charge is 0.370 e. The predicted octanol–water partition coefficient (Wildman–Crippen LogP) is 3.93. The molecule has 0 atom stereocenters. The Morgan fingerprint density at radius 1 is 1.00 bits per heavy atom. The molecule has 4 rings (SSSR count). The minimum Gasteiger partial charge on any atom is -0.370 e. The third-order valence-corrected chi connectivity index (χ3v) is 5.08. The second kappa shape index (κ2) is 9.73. The van der Waals surface area contributed by atoms with Crippen LogP contribution in [0.25, 0.3) is 0 Å². The van der Waals surface area contributed by atoms with Gasteiger partial charge in [-0.15, -0.1) is 24.0 Å². The highest BCUT2D eigenvalue weighted by Crippen LogP contribution is 2.24. The maximum Gasteiger partial charge on any atom is 0.250 e. The fraction of sp³-hybridized carbons (Fsp3) is 0.217. The quantitative estimate of drug-likeness (QED) is 0.317. The number of aryl methyl sites for hydroxylation is 2. The van der Waals surface area contributed by atoms with Crippen LogP contribution in [-0.4, -0.2) is 10.5 Å². The van der Waals surface area contributed by atoms with E-state index in [-0.39, 0.29) is 29.5 Å². The molecule has 29 heavy (non-hydrogen) atoms. The second-order valence-electron chi connectivity index (χ2n) is 7.15. The molecule has 0 radical (unpaired) electrons. The number of nitrogens with two attached hydrogens (primary N) is 1. The van der Waals surface area contributed by atoms with Crippen LogP contribution in [0.2, 0.25) is 0 Å². The number of halogens is 1. The Bertz CT molecular complexity index is 1060. The van der Waals surface area contributed by atoms with E-state index in [9.17, 15) is 4.79 Å². The number of aromatic nitrogens is 1. The Balaban J connectivity index is 0.00000240. The Hall–Kier alpha value is -2.61. The Morgan fingerprint density at radius 3 is 2.55 bits per heavy atom. The average Bonchev–Trinajstić information content (AvgIpc) is 3.17. The fourth-order valence-electron chi connectivity index (χ4n) is 3.55. The molecule has 3 N–H and O–H groups in total. The lowest BCUT2D eigenvalue weighted by Gasteiger charge is -2.08. The molecule has 1 aromatic heterocycles. The van der Waals surface area contributed by atoms with E-state index >= 15 is 0 Å². The molecule has 0 spiro atoms. The van der Waals surface area contributed by atoms with Gasteiger partial charge < -0.3 is 15.6 Å². The fourth-order valence-corrected chi connectivity index (χ4v) is 3.55. The van der Waals surface area contributed by atoms with Gasteiger partial charge in [0.25, 0.3) is 5.56 Å². The molecule has 0 bridgehead atoms. The number of guanidine groups is 1. The van der Waals surface area contributed by atoms with Crippen LogP contribution in [0.5, 0.6) is 0 Å². The van der Waals surface area contributed by atoms with Crippen molar-refractivity contribution in [2.75, 3.05) is 5.32 Å². The van der Waals surface area contributed by atoms with Crippen molar-refractivity contribution in [3.8, 4) is 0 Å². The van der Waals surface area contributed by atoms with Gasteiger partial charge in [-0.1, -0.05) is 36.4 Å². The van der Waals surface area contributed by atoms with Crippen molar-refractivity contribution in [3.63, 3.8) is 0 Å². The molecule has 150 valence electrons. The molecule has 0 aliphatic heterocycles. The summed E-state index contributed by atoms with van der Waals surface area (Å²) < 4.78 is 1.69. The van der Waals surface area contributed by atoms with Gasteiger partial charge in [0.05, 0.1) is 13.1 Å². The molecule has 0 saturated heterocycles. The van der Waals surface area contributed by atoms with Gasteiger partial charge >= 0.3 is 0 Å². The number of aliphatic imine (C=N–C) groups is 1. The first-order valence-electron chi connectivity index (χ1n) is 9.59. The van der Waals surface area contributed by atoms with Crippen LogP contribution < -0.4 is 16.6 Å². The predicted molar refractivity (Wildman–Crippen MR) is 129 cm³/mol. The van der Waals surface area contributed by atoms with Crippen LogP contribution in [0.4, 0.5) is 5.69 Å². The number of benzene rings is 2. The zero-order valence-corrected chi connectivity index (χ0v) is 18.5. The zero-order chi connectivity index (χ0) is 19.3. The third kappa shape index (κ3) is 5.47. The van der Waals surface area contributed by atoms with Gasteiger partial charge in [0, 0.05) is 18.0 Å². The van der Waals surface area contributed by atoms with E-state index < -0.39 is 0 Å². The van der Waals surface area contributed by atoms with E-state index in [2.05, 4.69) is 28.5 Å². The van der Waals surface area contributed by atoms with E-state index in [1.54, 1.807) is 22.9 Å². The van der Waals surface area contributed by atoms with Gasteiger partial charge in [-0.2, -0.15) is 0 Å². The molecule has 0 amide bonds. The highest BCUT2D eigenvalue weighted by molar-refractivity contribution is 14.0. The third-order valence-electron chi connectivity index (χ3n) is 5.08. The number of hydrogen-bond acceptors (Lipinski definition) is 2. The van der Waals surface area contributed by atoms with E-state index in [1.165, 1.54) is 24.0 Å². The number of rotatable bonds is 5. The first-order chi connectivity index (χ1) is 13.7. The molecule has 1 aliphatic carbocycles. The first-order valence-corrected chi connectivity index (χ1v) is 9.59. The minimum atomic E-state index is 0. The highest BCUT2D eigenvalue weighted by Gasteiger charge is 2.10. The summed E-state index contributed by atoms with van der Waals surface area (Å²) in [5, 5.41) is 3.18. The second-order valence-corrected chi connectivity index (χ2v) is 7.15. The summed E-state index contributed by atoms with van der Waals surface area (Å²) >= 11 is 0. The van der Waals surface area contributed by atoms with Crippen LogP contribution in [0.1, 0.15) is 28.7 Å². The van der Waals surface area contributed by atoms with Gasteiger partial charge in [-0.3, -0.25) is 4.79 Å². The van der Waals surface area contributed by atoms with E-state index in [4.69, 9.17) is 5.73 Å². The number of pyridine rings is 1. The summed E-state index contributed by atoms with van der Waals surface area (Å²) in [6.45, 7) is 1.07. The van der Waals surface area contributed by atoms with Gasteiger partial charge in [0.1, 0.15) is 0 Å². The zero-order valence-electron chi connectivity index (χ0n) is 16.2. The summed E-state index contributed by atoms with van der Waals surface area (Å²) in [5.74, 6) is 0.415. The van der Waals surface area contributed by atoms with Gasteiger partial charge in [0.2, 0.25) is 0 Å². The average molecular weight is 500 g/mol. The summed E-state index contributed by atoms with van der Waals surface area (Å²) in [7, 11) is 0. The van der Waals surface area contributed by atoms with Crippen molar-refractivity contribution in [2.45, 2.75) is 32.4 Å². The van der Waals surface area contributed by atoms with Crippen molar-refractivity contribution in [3.05, 3.63) is 99.5 Å². The molecule has 0 saturated carbocycles. The molecule has 5 nitrogen and oxygen atoms in total. The van der Waals surface area contributed by atoms with E-state index in [1.807, 2.05) is 30.3 Å². The number of hydrogen-bond donors (Lipinski definition) is 2. The molecule has 1 aliphatic rings. The Morgan fingerprint density at radius 2 is 1.76 bits per heavy atom. The van der Waals surface area contributed by atoms with Crippen LogP contribution in [0.15, 0.2) is 76.6 Å².